The molecule has 0 aliphatic rings. The van der Waals surface area contributed by atoms with Gasteiger partial charge in [-0.25, -0.2) is 0 Å². The summed E-state index contributed by atoms with van der Waals surface area (Å²) in [4.78, 5) is 0. The first-order chi connectivity index (χ1) is 8.24. The van der Waals surface area contributed by atoms with Crippen molar-refractivity contribution in [1.29, 1.82) is 21.0 Å². The van der Waals surface area contributed by atoms with Crippen molar-refractivity contribution >= 4 is 0 Å². The zero-order valence-corrected chi connectivity index (χ0v) is 9.35. The number of nitriles is 4. The van der Waals surface area contributed by atoms with Crippen molar-refractivity contribution in [3.05, 3.63) is 0 Å². The van der Waals surface area contributed by atoms with E-state index in [9.17, 15) is 0 Å². The Kier molecular flexibility index (Phi) is 7.99. The smallest absolute Gasteiger partial charge is 0.260 e. The SMILES string of the molecule is N#CCCOC(C#N)(CCC#N)OCCC#N. The van der Waals surface area contributed by atoms with Crippen LogP contribution in [-0.4, -0.2) is 19.0 Å². The maximum atomic E-state index is 9.03. The van der Waals surface area contributed by atoms with E-state index < -0.39 is 5.79 Å². The summed E-state index contributed by atoms with van der Waals surface area (Å²) < 4.78 is 10.4. The highest BCUT2D eigenvalue weighted by molar-refractivity contribution is 4.96. The predicted octanol–water partition coefficient (Wildman–Crippen LogP) is 1.37. The van der Waals surface area contributed by atoms with E-state index >= 15 is 0 Å². The molecule has 0 radical (unpaired) electrons. The molecule has 0 saturated heterocycles. The Morgan fingerprint density at radius 1 is 0.765 bits per heavy atom. The van der Waals surface area contributed by atoms with E-state index in [-0.39, 0.29) is 38.9 Å². The molecule has 0 amide bonds. The van der Waals surface area contributed by atoms with Crippen LogP contribution in [0.1, 0.15) is 25.7 Å². The highest BCUT2D eigenvalue weighted by atomic mass is 16.7. The maximum Gasteiger partial charge on any atom is 0.260 e. The second-order valence-corrected chi connectivity index (χ2v) is 3.04. The standard InChI is InChI=1S/C11H12N4O2/c12-5-1-4-11(10-15,16-8-2-6-13)17-9-3-7-14/h1-4,8-9H2. The van der Waals surface area contributed by atoms with Gasteiger partial charge in [0.2, 0.25) is 0 Å². The predicted molar refractivity (Wildman–Crippen MR) is 55.6 cm³/mol. The fourth-order valence-electron chi connectivity index (χ4n) is 1.05. The van der Waals surface area contributed by atoms with Crippen LogP contribution in [0.3, 0.4) is 0 Å². The molecule has 0 aromatic rings. The van der Waals surface area contributed by atoms with Crippen molar-refractivity contribution in [3.63, 3.8) is 0 Å². The molecule has 0 aromatic carbocycles. The summed E-state index contributed by atoms with van der Waals surface area (Å²) in [7, 11) is 0. The molecule has 0 aliphatic carbocycles. The van der Waals surface area contributed by atoms with Crippen molar-refractivity contribution in [2.75, 3.05) is 13.2 Å². The summed E-state index contributed by atoms with van der Waals surface area (Å²) in [6.07, 6.45) is 0.471. The lowest BCUT2D eigenvalue weighted by Crippen LogP contribution is -2.35. The second kappa shape index (κ2) is 9.13. The molecule has 0 aliphatic heterocycles. The van der Waals surface area contributed by atoms with Crippen molar-refractivity contribution < 1.29 is 9.47 Å². The molecule has 0 fully saturated rings. The van der Waals surface area contributed by atoms with Gasteiger partial charge in [0.15, 0.2) is 0 Å². The fraction of sp³-hybridized carbons (Fsp3) is 0.636. The summed E-state index contributed by atoms with van der Waals surface area (Å²) in [5, 5.41) is 34.3. The van der Waals surface area contributed by atoms with E-state index in [1.807, 2.05) is 24.3 Å². The van der Waals surface area contributed by atoms with Crippen LogP contribution in [0.2, 0.25) is 0 Å². The minimum atomic E-state index is -1.52. The Morgan fingerprint density at radius 3 is 1.59 bits per heavy atom. The summed E-state index contributed by atoms with van der Waals surface area (Å²) in [6, 6.07) is 7.51. The van der Waals surface area contributed by atoms with Crippen LogP contribution < -0.4 is 0 Å². The summed E-state index contributed by atoms with van der Waals surface area (Å²) >= 11 is 0. The Bertz CT molecular complexity index is 360. The molecule has 0 bridgehead atoms. The maximum absolute atomic E-state index is 9.03. The molecule has 17 heavy (non-hydrogen) atoms. The lowest BCUT2D eigenvalue weighted by Gasteiger charge is -2.25. The summed E-state index contributed by atoms with van der Waals surface area (Å²) in [5.74, 6) is -1.52. The number of rotatable bonds is 8. The topological polar surface area (TPSA) is 114 Å². The van der Waals surface area contributed by atoms with Crippen LogP contribution in [0.5, 0.6) is 0 Å². The van der Waals surface area contributed by atoms with Crippen molar-refractivity contribution in [2.24, 2.45) is 0 Å². The van der Waals surface area contributed by atoms with Crippen LogP contribution in [0.25, 0.3) is 0 Å². The Hall–Kier alpha value is -2.12. The van der Waals surface area contributed by atoms with E-state index in [0.29, 0.717) is 0 Å². The van der Waals surface area contributed by atoms with Gasteiger partial charge in [0, 0.05) is 12.8 Å². The van der Waals surface area contributed by atoms with Gasteiger partial charge in [-0.3, -0.25) is 0 Å². The van der Waals surface area contributed by atoms with Gasteiger partial charge >= 0.3 is 0 Å². The van der Waals surface area contributed by atoms with Gasteiger partial charge in [0.05, 0.1) is 44.3 Å². The van der Waals surface area contributed by atoms with E-state index in [4.69, 9.17) is 30.5 Å². The van der Waals surface area contributed by atoms with Gasteiger partial charge in [0.1, 0.15) is 6.07 Å². The average Bonchev–Trinajstić information content (AvgIpc) is 2.36. The quantitative estimate of drug-likeness (QED) is 0.461. The van der Waals surface area contributed by atoms with Crippen LogP contribution >= 0.6 is 0 Å². The highest BCUT2D eigenvalue weighted by Gasteiger charge is 2.31. The molecule has 0 aromatic heterocycles. The number of hydrogen-bond acceptors (Lipinski definition) is 6. The van der Waals surface area contributed by atoms with Gasteiger partial charge in [-0.1, -0.05) is 0 Å². The minimum absolute atomic E-state index is 0.0576. The molecule has 88 valence electrons. The van der Waals surface area contributed by atoms with Gasteiger partial charge < -0.3 is 9.47 Å². The third-order valence-corrected chi connectivity index (χ3v) is 1.83. The normalized spacial score (nSPS) is 9.65. The largest absolute Gasteiger partial charge is 0.337 e. The number of ether oxygens (including phenoxy) is 2. The molecule has 0 atom stereocenters. The Labute approximate surface area is 100 Å². The lowest BCUT2D eigenvalue weighted by atomic mass is 10.1. The third kappa shape index (κ3) is 6.13. The van der Waals surface area contributed by atoms with Gasteiger partial charge in [-0.2, -0.15) is 21.0 Å². The Morgan fingerprint density at radius 2 is 1.24 bits per heavy atom. The molecule has 6 nitrogen and oxygen atoms in total. The lowest BCUT2D eigenvalue weighted by molar-refractivity contribution is -0.199. The third-order valence-electron chi connectivity index (χ3n) is 1.83. The molecule has 0 saturated carbocycles. The zero-order valence-electron chi connectivity index (χ0n) is 9.35. The molecule has 0 heterocycles. The molecule has 0 rings (SSSR count). The summed E-state index contributed by atoms with van der Waals surface area (Å²) in [5.41, 5.74) is 0. The summed E-state index contributed by atoms with van der Waals surface area (Å²) in [6.45, 7) is 0.115. The van der Waals surface area contributed by atoms with Crippen LogP contribution in [0.4, 0.5) is 0 Å². The van der Waals surface area contributed by atoms with Crippen molar-refractivity contribution in [3.8, 4) is 24.3 Å². The van der Waals surface area contributed by atoms with E-state index in [1.54, 1.807) is 0 Å². The van der Waals surface area contributed by atoms with Gasteiger partial charge in [-0.15, -0.1) is 0 Å². The molecular formula is C11H12N4O2. The van der Waals surface area contributed by atoms with Crippen LogP contribution in [0, 0.1) is 45.3 Å². The zero-order chi connectivity index (χ0) is 13.0. The first kappa shape index (κ1) is 14.9. The molecular weight excluding hydrogens is 220 g/mol. The number of hydrogen-bond donors (Lipinski definition) is 0. The number of nitrogens with zero attached hydrogens (tertiary/aromatic N) is 4. The molecule has 0 spiro atoms. The monoisotopic (exact) mass is 232 g/mol. The second-order valence-electron chi connectivity index (χ2n) is 3.04. The Balaban J connectivity index is 4.43. The molecule has 6 heteroatoms. The van der Waals surface area contributed by atoms with E-state index in [1.165, 1.54) is 0 Å². The average molecular weight is 232 g/mol. The first-order valence-corrected chi connectivity index (χ1v) is 5.04. The van der Waals surface area contributed by atoms with E-state index in [0.717, 1.165) is 0 Å². The van der Waals surface area contributed by atoms with Crippen molar-refractivity contribution in [2.45, 2.75) is 31.5 Å². The van der Waals surface area contributed by atoms with Gasteiger partial charge in [-0.05, 0) is 0 Å². The van der Waals surface area contributed by atoms with Crippen molar-refractivity contribution in [1.82, 2.24) is 0 Å². The van der Waals surface area contributed by atoms with Crippen LogP contribution in [0.15, 0.2) is 0 Å². The van der Waals surface area contributed by atoms with Gasteiger partial charge in [0.25, 0.3) is 5.79 Å². The molecule has 0 N–H and O–H groups in total. The highest BCUT2D eigenvalue weighted by Crippen LogP contribution is 2.20. The van der Waals surface area contributed by atoms with E-state index in [2.05, 4.69) is 0 Å². The fourth-order valence-corrected chi connectivity index (χ4v) is 1.05. The molecule has 0 unspecified atom stereocenters. The first-order valence-electron chi connectivity index (χ1n) is 5.04. The minimum Gasteiger partial charge on any atom is -0.337 e. The van der Waals surface area contributed by atoms with Crippen LogP contribution in [-0.2, 0) is 9.47 Å².